The molecule has 0 aliphatic rings. The third kappa shape index (κ3) is 4.27. The number of hydrogen-bond donors (Lipinski definition) is 0. The van der Waals surface area contributed by atoms with Gasteiger partial charge in [-0.05, 0) is 41.8 Å². The number of halogens is 1. The molecule has 152 valence electrons. The molecule has 0 unspecified atom stereocenters. The molecule has 0 saturated heterocycles. The van der Waals surface area contributed by atoms with Crippen LogP contribution >= 0.6 is 22.9 Å². The highest BCUT2D eigenvalue weighted by molar-refractivity contribution is 7.15. The first-order valence-corrected chi connectivity index (χ1v) is 10.7. The van der Waals surface area contributed by atoms with Crippen molar-refractivity contribution in [3.05, 3.63) is 95.6 Å². The number of thiazole rings is 1. The number of nitrogens with zero attached hydrogens (tertiary/aromatic N) is 3. The van der Waals surface area contributed by atoms with Crippen molar-refractivity contribution in [2.75, 3.05) is 6.61 Å². The van der Waals surface area contributed by atoms with Gasteiger partial charge in [0.05, 0.1) is 11.1 Å². The lowest BCUT2D eigenvalue weighted by atomic mass is 10.1. The summed E-state index contributed by atoms with van der Waals surface area (Å²) < 4.78 is 7.21. The van der Waals surface area contributed by atoms with Crippen molar-refractivity contribution in [3.63, 3.8) is 0 Å². The van der Waals surface area contributed by atoms with Crippen molar-refractivity contribution < 1.29 is 4.74 Å². The van der Waals surface area contributed by atoms with E-state index in [1.54, 1.807) is 12.1 Å². The molecule has 0 aliphatic carbocycles. The molecule has 0 bridgehead atoms. The molecule has 4 aromatic rings. The predicted molar refractivity (Wildman–Crippen MR) is 119 cm³/mol. The molecule has 2 aromatic heterocycles. The molecule has 0 fully saturated rings. The highest BCUT2D eigenvalue weighted by Crippen LogP contribution is 2.17. The number of ether oxygens (including phenoxy) is 1. The van der Waals surface area contributed by atoms with Gasteiger partial charge in [0.15, 0.2) is 0 Å². The monoisotopic (exact) mass is 439 g/mol. The van der Waals surface area contributed by atoms with Crippen LogP contribution in [0.25, 0.3) is 11.0 Å². The second-order valence-electron chi connectivity index (χ2n) is 6.66. The quantitative estimate of drug-likeness (QED) is 0.461. The fourth-order valence-electron chi connectivity index (χ4n) is 2.91. The lowest BCUT2D eigenvalue weighted by Gasteiger charge is -2.03. The lowest BCUT2D eigenvalue weighted by molar-refractivity contribution is 0.317. The Labute approximate surface area is 181 Å². The molecule has 8 heteroatoms. The van der Waals surface area contributed by atoms with Crippen LogP contribution in [0.1, 0.15) is 30.2 Å². The molecule has 0 saturated carbocycles. The number of rotatable bonds is 6. The maximum Gasteiger partial charge on any atom is 0.296 e. The van der Waals surface area contributed by atoms with Gasteiger partial charge in [0.2, 0.25) is 4.96 Å². The highest BCUT2D eigenvalue weighted by atomic mass is 35.5. The van der Waals surface area contributed by atoms with Crippen molar-refractivity contribution in [3.8, 4) is 5.75 Å². The van der Waals surface area contributed by atoms with E-state index in [9.17, 15) is 9.59 Å². The van der Waals surface area contributed by atoms with Crippen molar-refractivity contribution >= 4 is 34.0 Å². The van der Waals surface area contributed by atoms with Gasteiger partial charge in [0.25, 0.3) is 11.1 Å². The molecule has 0 radical (unpaired) electrons. The van der Waals surface area contributed by atoms with E-state index in [2.05, 4.69) is 10.1 Å². The van der Waals surface area contributed by atoms with Crippen LogP contribution in [-0.2, 0) is 6.42 Å². The third-order valence-electron chi connectivity index (χ3n) is 4.42. The van der Waals surface area contributed by atoms with Gasteiger partial charge in [-0.25, -0.2) is 0 Å². The molecule has 6 nitrogen and oxygen atoms in total. The summed E-state index contributed by atoms with van der Waals surface area (Å²) in [6.07, 6.45) is 2.90. The predicted octanol–water partition coefficient (Wildman–Crippen LogP) is 3.09. The molecule has 2 aromatic carbocycles. The second kappa shape index (κ2) is 8.77. The van der Waals surface area contributed by atoms with E-state index in [0.717, 1.165) is 34.6 Å². The Hall–Kier alpha value is -3.03. The van der Waals surface area contributed by atoms with Crippen LogP contribution in [-0.4, -0.2) is 21.2 Å². The van der Waals surface area contributed by atoms with Crippen LogP contribution in [0.5, 0.6) is 5.75 Å². The summed E-state index contributed by atoms with van der Waals surface area (Å²) in [4.78, 5) is 29.5. The normalized spacial score (nSPS) is 11.9. The summed E-state index contributed by atoms with van der Waals surface area (Å²) in [5, 5.41) is 4.80. The minimum absolute atomic E-state index is 0.180. The summed E-state index contributed by atoms with van der Waals surface area (Å²) in [5.74, 6) is 0.783. The van der Waals surface area contributed by atoms with Gasteiger partial charge < -0.3 is 4.74 Å². The number of aromatic nitrogens is 3. The fraction of sp³-hybridized carbons (Fsp3) is 0.182. The number of hydrogen-bond acceptors (Lipinski definition) is 6. The minimum atomic E-state index is -0.458. The average molecular weight is 440 g/mol. The van der Waals surface area contributed by atoms with Crippen molar-refractivity contribution in [1.29, 1.82) is 0 Å². The maximum absolute atomic E-state index is 12.8. The van der Waals surface area contributed by atoms with Crippen LogP contribution in [0, 0.1) is 0 Å². The van der Waals surface area contributed by atoms with Gasteiger partial charge >= 0.3 is 0 Å². The van der Waals surface area contributed by atoms with Crippen molar-refractivity contribution in [1.82, 2.24) is 14.6 Å². The van der Waals surface area contributed by atoms with Crippen LogP contribution in [0.2, 0.25) is 5.02 Å². The van der Waals surface area contributed by atoms with Gasteiger partial charge in [-0.2, -0.15) is 14.6 Å². The molecule has 0 N–H and O–H groups in total. The summed E-state index contributed by atoms with van der Waals surface area (Å²) in [6, 6.07) is 14.7. The Balaban J connectivity index is 1.70. The van der Waals surface area contributed by atoms with Crippen LogP contribution in [0.15, 0.2) is 58.1 Å². The van der Waals surface area contributed by atoms with Crippen LogP contribution in [0.3, 0.4) is 0 Å². The third-order valence-corrected chi connectivity index (χ3v) is 5.74. The topological polar surface area (TPSA) is 73.6 Å². The second-order valence-corrected chi connectivity index (χ2v) is 8.08. The molecule has 30 heavy (non-hydrogen) atoms. The van der Waals surface area contributed by atoms with E-state index >= 15 is 0 Å². The van der Waals surface area contributed by atoms with Gasteiger partial charge in [-0.1, -0.05) is 60.2 Å². The van der Waals surface area contributed by atoms with E-state index in [-0.39, 0.29) is 22.6 Å². The first-order valence-electron chi connectivity index (χ1n) is 9.46. The number of benzene rings is 2. The zero-order valence-electron chi connectivity index (χ0n) is 16.2. The van der Waals surface area contributed by atoms with E-state index in [4.69, 9.17) is 16.3 Å². The standard InChI is InChI=1S/C22H18ClN3O3S/c1-2-11-29-16-9-7-14(8-10-16)12-19-21(28)26-22(30-19)24-20(27)18(25-26)13-15-5-3-4-6-17(15)23/h3-10,12H,2,11,13H2,1H3/b19-12-. The van der Waals surface area contributed by atoms with E-state index in [0.29, 0.717) is 16.2 Å². The molecular formula is C22H18ClN3O3S. The van der Waals surface area contributed by atoms with Crippen molar-refractivity contribution in [2.24, 2.45) is 0 Å². The molecule has 0 amide bonds. The van der Waals surface area contributed by atoms with Gasteiger partial charge in [0.1, 0.15) is 11.4 Å². The summed E-state index contributed by atoms with van der Waals surface area (Å²) >= 11 is 7.31. The molecule has 2 heterocycles. The molecule has 0 spiro atoms. The first kappa shape index (κ1) is 20.3. The summed E-state index contributed by atoms with van der Waals surface area (Å²) in [7, 11) is 0. The smallest absolute Gasteiger partial charge is 0.296 e. The van der Waals surface area contributed by atoms with E-state index in [1.807, 2.05) is 49.4 Å². The van der Waals surface area contributed by atoms with Crippen LogP contribution in [0.4, 0.5) is 0 Å². The van der Waals surface area contributed by atoms with E-state index in [1.165, 1.54) is 4.52 Å². The zero-order valence-corrected chi connectivity index (χ0v) is 17.7. The average Bonchev–Trinajstić information content (AvgIpc) is 3.04. The van der Waals surface area contributed by atoms with Gasteiger partial charge in [0, 0.05) is 11.4 Å². The zero-order chi connectivity index (χ0) is 21.1. The Kier molecular flexibility index (Phi) is 5.92. The fourth-order valence-corrected chi connectivity index (χ4v) is 4.01. The highest BCUT2D eigenvalue weighted by Gasteiger charge is 2.13. The first-order chi connectivity index (χ1) is 14.5. The Morgan fingerprint density at radius 3 is 2.63 bits per heavy atom. The number of fused-ring (bicyclic) bond motifs is 1. The lowest BCUT2D eigenvalue weighted by Crippen LogP contribution is -2.28. The molecular weight excluding hydrogens is 422 g/mol. The molecule has 0 atom stereocenters. The molecule has 0 aliphatic heterocycles. The summed E-state index contributed by atoms with van der Waals surface area (Å²) in [6.45, 7) is 2.71. The van der Waals surface area contributed by atoms with Crippen LogP contribution < -0.4 is 20.4 Å². The largest absolute Gasteiger partial charge is 0.494 e. The van der Waals surface area contributed by atoms with Crippen molar-refractivity contribution in [2.45, 2.75) is 19.8 Å². The minimum Gasteiger partial charge on any atom is -0.494 e. The Morgan fingerprint density at radius 2 is 1.90 bits per heavy atom. The molecule has 4 rings (SSSR count). The summed E-state index contributed by atoms with van der Waals surface area (Å²) in [5.41, 5.74) is 1.01. The maximum atomic E-state index is 12.8. The Bertz CT molecular complexity index is 1360. The van der Waals surface area contributed by atoms with Gasteiger partial charge in [-0.3, -0.25) is 9.59 Å². The van der Waals surface area contributed by atoms with E-state index < -0.39 is 5.56 Å². The SMILES string of the molecule is CCCOc1ccc(/C=c2\sc3nc(=O)c(Cc4ccccc4Cl)nn3c2=O)cc1. The Morgan fingerprint density at radius 1 is 1.13 bits per heavy atom. The van der Waals surface area contributed by atoms with Gasteiger partial charge in [-0.15, -0.1) is 0 Å².